The van der Waals surface area contributed by atoms with Gasteiger partial charge in [0.15, 0.2) is 17.1 Å². The molecule has 2 heterocycles. The zero-order chi connectivity index (χ0) is 23.7. The summed E-state index contributed by atoms with van der Waals surface area (Å²) in [4.78, 5) is 37.9. The lowest BCUT2D eigenvalue weighted by Crippen LogP contribution is -2.42. The monoisotopic (exact) mass is 450 g/mol. The number of hydrogen-bond donors (Lipinski definition) is 1. The number of carbonyl (C=O) groups is 3. The van der Waals surface area contributed by atoms with Crippen molar-refractivity contribution in [3.63, 3.8) is 0 Å². The van der Waals surface area contributed by atoms with Gasteiger partial charge in [0.1, 0.15) is 11.7 Å². The van der Waals surface area contributed by atoms with E-state index in [9.17, 15) is 18.8 Å². The van der Waals surface area contributed by atoms with Crippen LogP contribution >= 0.6 is 0 Å². The molecule has 1 aromatic rings. The topological polar surface area (TPSA) is 103 Å². The van der Waals surface area contributed by atoms with Gasteiger partial charge in [0.2, 0.25) is 0 Å². The number of likely N-dealkylation sites (tertiary alicyclic amines) is 1. The molecule has 32 heavy (non-hydrogen) atoms. The average molecular weight is 450 g/mol. The van der Waals surface area contributed by atoms with Crippen LogP contribution < -0.4 is 10.1 Å². The third kappa shape index (κ3) is 5.68. The van der Waals surface area contributed by atoms with Gasteiger partial charge in [0.05, 0.1) is 12.2 Å². The lowest BCUT2D eigenvalue weighted by Gasteiger charge is -2.29. The van der Waals surface area contributed by atoms with Gasteiger partial charge in [-0.2, -0.15) is 0 Å². The van der Waals surface area contributed by atoms with Crippen LogP contribution in [0.1, 0.15) is 41.0 Å². The molecular formula is C22H27FN2O7. The van der Waals surface area contributed by atoms with Crippen LogP contribution in [0, 0.1) is 5.82 Å². The Bertz CT molecular complexity index is 930. The molecule has 1 amide bonds. The predicted octanol–water partition coefficient (Wildman–Crippen LogP) is 3.35. The van der Waals surface area contributed by atoms with E-state index in [-0.39, 0.29) is 23.6 Å². The molecule has 2 saturated heterocycles. The third-order valence-corrected chi connectivity index (χ3v) is 4.54. The van der Waals surface area contributed by atoms with Gasteiger partial charge >= 0.3 is 18.0 Å². The van der Waals surface area contributed by atoms with Crippen LogP contribution in [-0.2, 0) is 23.8 Å². The van der Waals surface area contributed by atoms with Crippen LogP contribution in [0.4, 0.5) is 14.9 Å². The zero-order valence-corrected chi connectivity index (χ0v) is 18.7. The summed E-state index contributed by atoms with van der Waals surface area (Å²) < 4.78 is 35.8. The number of carbonyl (C=O) groups excluding carboxylic acids is 3. The standard InChI is InChI=1S/C22H27FN2O7/c1-21(2,3)32-20(28)25-10-9-13(12-25)29-17-15(23)7-6-8-16(17)24-11-14-18(26)30-22(4,5)31-19(14)27/h6-8,11,13,24H,9-10,12H2,1-5H3. The van der Waals surface area contributed by atoms with E-state index in [0.717, 1.165) is 6.20 Å². The van der Waals surface area contributed by atoms with E-state index in [2.05, 4.69) is 5.32 Å². The van der Waals surface area contributed by atoms with E-state index >= 15 is 0 Å². The summed E-state index contributed by atoms with van der Waals surface area (Å²) in [6, 6.07) is 4.20. The molecule has 0 aliphatic carbocycles. The van der Waals surface area contributed by atoms with Crippen LogP contribution in [0.5, 0.6) is 5.75 Å². The molecule has 10 heteroatoms. The fraction of sp³-hybridized carbons (Fsp3) is 0.500. The van der Waals surface area contributed by atoms with Crippen LogP contribution in [0.3, 0.4) is 0 Å². The van der Waals surface area contributed by atoms with E-state index in [1.165, 1.54) is 36.9 Å². The van der Waals surface area contributed by atoms with Crippen molar-refractivity contribution >= 4 is 23.7 Å². The molecule has 0 spiro atoms. The lowest BCUT2D eigenvalue weighted by atomic mass is 10.2. The second kappa shape index (κ2) is 8.68. The van der Waals surface area contributed by atoms with Gasteiger partial charge in [0.25, 0.3) is 5.79 Å². The molecule has 0 radical (unpaired) electrons. The fourth-order valence-corrected chi connectivity index (χ4v) is 3.15. The molecule has 2 aliphatic heterocycles. The van der Waals surface area contributed by atoms with Gasteiger partial charge < -0.3 is 29.2 Å². The van der Waals surface area contributed by atoms with Crippen LogP contribution in [0.15, 0.2) is 30.0 Å². The summed E-state index contributed by atoms with van der Waals surface area (Å²) in [6.07, 6.45) is 0.654. The first-order valence-electron chi connectivity index (χ1n) is 10.2. The van der Waals surface area contributed by atoms with Crippen molar-refractivity contribution in [2.75, 3.05) is 18.4 Å². The van der Waals surface area contributed by atoms with Crippen molar-refractivity contribution in [1.82, 2.24) is 4.90 Å². The number of anilines is 1. The van der Waals surface area contributed by atoms with Crippen molar-refractivity contribution in [2.24, 2.45) is 0 Å². The van der Waals surface area contributed by atoms with E-state index in [1.807, 2.05) is 0 Å². The number of halogens is 1. The van der Waals surface area contributed by atoms with E-state index in [4.69, 9.17) is 18.9 Å². The Hall–Kier alpha value is -3.30. The van der Waals surface area contributed by atoms with Gasteiger partial charge in [0, 0.05) is 33.0 Å². The Morgan fingerprint density at radius 1 is 1.25 bits per heavy atom. The number of para-hydroxylation sites is 1. The predicted molar refractivity (Wildman–Crippen MR) is 111 cm³/mol. The summed E-state index contributed by atoms with van der Waals surface area (Å²) in [5, 5.41) is 2.72. The molecule has 174 valence electrons. The number of hydrogen-bond acceptors (Lipinski definition) is 8. The highest BCUT2D eigenvalue weighted by atomic mass is 19.1. The van der Waals surface area contributed by atoms with Crippen molar-refractivity contribution in [2.45, 2.75) is 58.5 Å². The number of nitrogens with zero attached hydrogens (tertiary/aromatic N) is 1. The Kier molecular flexibility index (Phi) is 6.34. The maximum absolute atomic E-state index is 14.5. The van der Waals surface area contributed by atoms with Crippen molar-refractivity contribution in [3.8, 4) is 5.75 Å². The number of esters is 2. The summed E-state index contributed by atoms with van der Waals surface area (Å²) >= 11 is 0. The van der Waals surface area contributed by atoms with Crippen molar-refractivity contribution in [3.05, 3.63) is 35.8 Å². The van der Waals surface area contributed by atoms with Gasteiger partial charge in [-0.25, -0.2) is 18.8 Å². The van der Waals surface area contributed by atoms with Crippen LogP contribution in [-0.4, -0.2) is 53.5 Å². The first-order chi connectivity index (χ1) is 14.8. The lowest BCUT2D eigenvalue weighted by molar-refractivity contribution is -0.222. The number of rotatable bonds is 4. The molecule has 9 nitrogen and oxygen atoms in total. The Morgan fingerprint density at radius 3 is 2.53 bits per heavy atom. The van der Waals surface area contributed by atoms with Crippen LogP contribution in [0.2, 0.25) is 0 Å². The Balaban J connectivity index is 1.70. The van der Waals surface area contributed by atoms with Gasteiger partial charge in [-0.15, -0.1) is 0 Å². The number of cyclic esters (lactones) is 2. The highest BCUT2D eigenvalue weighted by molar-refractivity contribution is 6.15. The molecule has 0 aromatic heterocycles. The largest absolute Gasteiger partial charge is 0.483 e. The van der Waals surface area contributed by atoms with Gasteiger partial charge in [-0.3, -0.25) is 0 Å². The third-order valence-electron chi connectivity index (χ3n) is 4.54. The van der Waals surface area contributed by atoms with Gasteiger partial charge in [-0.05, 0) is 32.9 Å². The maximum Gasteiger partial charge on any atom is 0.410 e. The molecule has 0 saturated carbocycles. The summed E-state index contributed by atoms with van der Waals surface area (Å²) in [5.41, 5.74) is -0.793. The molecule has 1 atom stereocenters. The quantitative estimate of drug-likeness (QED) is 0.423. The first-order valence-corrected chi connectivity index (χ1v) is 10.2. The molecule has 1 N–H and O–H groups in total. The van der Waals surface area contributed by atoms with Gasteiger partial charge in [-0.1, -0.05) is 6.07 Å². The minimum absolute atomic E-state index is 0.0988. The maximum atomic E-state index is 14.5. The first kappa shape index (κ1) is 23.4. The molecule has 1 unspecified atom stereocenters. The average Bonchev–Trinajstić information content (AvgIpc) is 3.10. The molecule has 0 bridgehead atoms. The van der Waals surface area contributed by atoms with Crippen LogP contribution in [0.25, 0.3) is 0 Å². The molecule has 3 rings (SSSR count). The second-order valence-corrected chi connectivity index (χ2v) is 8.95. The highest BCUT2D eigenvalue weighted by Crippen LogP contribution is 2.31. The summed E-state index contributed by atoms with van der Waals surface area (Å²) in [5.74, 6) is -3.82. The second-order valence-electron chi connectivity index (χ2n) is 8.95. The number of nitrogens with one attached hydrogen (secondary N) is 1. The molecule has 1 aromatic carbocycles. The normalized spacial score (nSPS) is 20.4. The minimum atomic E-state index is -1.36. The molecule has 2 fully saturated rings. The Morgan fingerprint density at radius 2 is 1.91 bits per heavy atom. The summed E-state index contributed by atoms with van der Waals surface area (Å²) in [7, 11) is 0. The van der Waals surface area contributed by atoms with Crippen molar-refractivity contribution in [1.29, 1.82) is 0 Å². The molecular weight excluding hydrogens is 423 g/mol. The van der Waals surface area contributed by atoms with E-state index in [1.54, 1.807) is 20.8 Å². The Labute approximate surface area is 185 Å². The van der Waals surface area contributed by atoms with Crippen molar-refractivity contribution < 1.29 is 37.7 Å². The molecule has 2 aliphatic rings. The van der Waals surface area contributed by atoms with E-state index < -0.39 is 41.3 Å². The highest BCUT2D eigenvalue weighted by Gasteiger charge is 2.39. The zero-order valence-electron chi connectivity index (χ0n) is 18.7. The summed E-state index contributed by atoms with van der Waals surface area (Å²) in [6.45, 7) is 8.85. The number of benzene rings is 1. The van der Waals surface area contributed by atoms with E-state index in [0.29, 0.717) is 13.0 Å². The number of amides is 1. The number of ether oxygens (including phenoxy) is 4. The fourth-order valence-electron chi connectivity index (χ4n) is 3.15. The SMILES string of the molecule is CC(C)(C)OC(=O)N1CCC(Oc2c(F)cccc2NC=C2C(=O)OC(C)(C)OC2=O)C1. The minimum Gasteiger partial charge on any atom is -0.483 e. The smallest absolute Gasteiger partial charge is 0.410 e.